The Balaban J connectivity index is 0.750. The van der Waals surface area contributed by atoms with Crippen molar-refractivity contribution in [2.75, 3.05) is 4.90 Å². The fourth-order valence-electron chi connectivity index (χ4n) is 23.4. The zero-order valence-electron chi connectivity index (χ0n) is 62.1. The molecule has 7 aliphatic carbocycles. The van der Waals surface area contributed by atoms with Crippen LogP contribution in [0.25, 0.3) is 155 Å². The Bertz CT molecular complexity index is 7470. The molecule has 3 heterocycles. The molecule has 2 spiro atoms. The molecule has 0 aliphatic heterocycles. The molecule has 7 aliphatic rings. The fourth-order valence-corrected chi connectivity index (χ4v) is 23.4. The number of furan rings is 3. The molecule has 4 nitrogen and oxygen atoms in total. The van der Waals surface area contributed by atoms with E-state index in [1.807, 2.05) is 0 Å². The van der Waals surface area contributed by atoms with Crippen LogP contribution >= 0.6 is 0 Å². The van der Waals surface area contributed by atoms with Crippen LogP contribution in [0.15, 0.2) is 323 Å². The number of fused-ring (bicyclic) bond motifs is 43. The minimum atomic E-state index is -0.747. The Kier molecular flexibility index (Phi) is 11.1. The lowest BCUT2D eigenvalue weighted by Crippen LogP contribution is -2.27. The molecular weight excluding hydrogens is 1350 g/mol. The first-order chi connectivity index (χ1) is 54.3. The predicted octanol–water partition coefficient (Wildman–Crippen LogP) is 28.1. The second-order valence-electron chi connectivity index (χ2n) is 33.8. The summed E-state index contributed by atoms with van der Waals surface area (Å²) in [7, 11) is 0. The number of nitrogens with zero attached hydrogens (tertiary/aromatic N) is 1. The van der Waals surface area contributed by atoms with Crippen molar-refractivity contribution >= 4 is 82.9 Å². The fraction of sp³-hybridized carbons (Fsp3) is 0.103. The molecule has 111 heavy (non-hydrogen) atoms. The third-order valence-corrected chi connectivity index (χ3v) is 27.8. The lowest BCUT2D eigenvalue weighted by molar-refractivity contribution is 0.600. The van der Waals surface area contributed by atoms with Gasteiger partial charge in [-0.1, -0.05) is 272 Å². The summed E-state index contributed by atoms with van der Waals surface area (Å²) in [5.74, 6) is 0. The first-order valence-electron chi connectivity index (χ1n) is 39.3. The Morgan fingerprint density at radius 2 is 0.604 bits per heavy atom. The molecular formula is C107H69NO3. The maximum atomic E-state index is 7.31. The van der Waals surface area contributed by atoms with Crippen molar-refractivity contribution in [1.82, 2.24) is 0 Å². The summed E-state index contributed by atoms with van der Waals surface area (Å²) < 4.78 is 21.3. The van der Waals surface area contributed by atoms with Gasteiger partial charge in [-0.2, -0.15) is 0 Å². The SMILES string of the molecule is CC1(C)c2cc(N(c3ccc4c(c3)C(C)(C)c3c5c(c6c(oc7ccccc76)c3-4)-c3ccccc3C5(C)C)c3ccc4c(c3)C3(c5ccccc5-c5ccccc53)c3cc5c(cc3-4)C3(c4ccccc4-c4ccccc43)c3ccc4oc6ccccc6c4c3-5)ccc2-c2c1cc(-c1ccccc1)c1oc3ccccc3c21. The van der Waals surface area contributed by atoms with E-state index in [9.17, 15) is 0 Å². The molecule has 19 aromatic rings. The van der Waals surface area contributed by atoms with Gasteiger partial charge in [-0.3, -0.25) is 0 Å². The molecule has 16 aromatic carbocycles. The molecule has 0 unspecified atom stereocenters. The van der Waals surface area contributed by atoms with Gasteiger partial charge in [0.15, 0.2) is 0 Å². The van der Waals surface area contributed by atoms with Crippen molar-refractivity contribution in [2.24, 2.45) is 0 Å². The highest BCUT2D eigenvalue weighted by molar-refractivity contribution is 6.23. The highest BCUT2D eigenvalue weighted by atomic mass is 16.3. The molecule has 0 saturated carbocycles. The minimum absolute atomic E-state index is 0.298. The average Bonchev–Trinajstić information content (AvgIpc) is 1.49. The van der Waals surface area contributed by atoms with Crippen LogP contribution < -0.4 is 4.90 Å². The second kappa shape index (κ2) is 20.3. The molecule has 0 amide bonds. The van der Waals surface area contributed by atoms with E-state index in [0.29, 0.717) is 0 Å². The first kappa shape index (κ1) is 60.7. The van der Waals surface area contributed by atoms with Gasteiger partial charge in [-0.15, -0.1) is 0 Å². The van der Waals surface area contributed by atoms with Gasteiger partial charge in [-0.05, 0) is 235 Å². The molecule has 0 fully saturated rings. The van der Waals surface area contributed by atoms with Gasteiger partial charge in [0.25, 0.3) is 0 Å². The van der Waals surface area contributed by atoms with Gasteiger partial charge in [0.2, 0.25) is 0 Å². The number of rotatable bonds is 4. The van der Waals surface area contributed by atoms with E-state index in [4.69, 9.17) is 13.3 Å². The largest absolute Gasteiger partial charge is 0.456 e. The second-order valence-corrected chi connectivity index (χ2v) is 33.8. The first-order valence-corrected chi connectivity index (χ1v) is 39.3. The zero-order chi connectivity index (χ0) is 73.2. The highest BCUT2D eigenvalue weighted by Gasteiger charge is 2.58. The van der Waals surface area contributed by atoms with Gasteiger partial charge in [-0.25, -0.2) is 0 Å². The summed E-state index contributed by atoms with van der Waals surface area (Å²) >= 11 is 0. The lowest BCUT2D eigenvalue weighted by Gasteiger charge is -2.33. The summed E-state index contributed by atoms with van der Waals surface area (Å²) in [5, 5.41) is 6.95. The quantitative estimate of drug-likeness (QED) is 0.176. The van der Waals surface area contributed by atoms with Crippen molar-refractivity contribution < 1.29 is 13.3 Å². The van der Waals surface area contributed by atoms with Crippen molar-refractivity contribution in [1.29, 1.82) is 0 Å². The van der Waals surface area contributed by atoms with E-state index in [2.05, 4.69) is 356 Å². The molecule has 0 atom stereocenters. The summed E-state index contributed by atoms with van der Waals surface area (Å²) in [6.45, 7) is 14.7. The third kappa shape index (κ3) is 7.05. The number of benzene rings is 16. The van der Waals surface area contributed by atoms with Gasteiger partial charge < -0.3 is 18.2 Å². The number of hydrogen-bond donors (Lipinski definition) is 0. The Morgan fingerprint density at radius 3 is 1.21 bits per heavy atom. The average molecular weight is 1420 g/mol. The van der Waals surface area contributed by atoms with Crippen LogP contribution in [-0.4, -0.2) is 0 Å². The maximum absolute atomic E-state index is 7.31. The molecule has 0 saturated heterocycles. The predicted molar refractivity (Wildman–Crippen MR) is 454 cm³/mol. The zero-order valence-corrected chi connectivity index (χ0v) is 62.1. The molecule has 3 aromatic heterocycles. The Morgan fingerprint density at radius 1 is 0.216 bits per heavy atom. The van der Waals surface area contributed by atoms with E-state index < -0.39 is 21.7 Å². The number of anilines is 3. The summed E-state index contributed by atoms with van der Waals surface area (Å²) in [4.78, 5) is 2.61. The van der Waals surface area contributed by atoms with E-state index in [-0.39, 0.29) is 5.41 Å². The summed E-state index contributed by atoms with van der Waals surface area (Å²) in [6, 6.07) is 118. The number of para-hydroxylation sites is 3. The highest BCUT2D eigenvalue weighted by Crippen LogP contribution is 2.71. The molecule has 0 bridgehead atoms. The lowest BCUT2D eigenvalue weighted by atomic mass is 9.68. The van der Waals surface area contributed by atoms with Crippen molar-refractivity contribution in [2.45, 2.75) is 68.6 Å². The van der Waals surface area contributed by atoms with E-state index in [1.54, 1.807) is 0 Å². The summed E-state index contributed by atoms with van der Waals surface area (Å²) in [6.07, 6.45) is 0. The van der Waals surface area contributed by atoms with Crippen LogP contribution in [0.3, 0.4) is 0 Å². The van der Waals surface area contributed by atoms with Crippen molar-refractivity contribution in [3.05, 3.63) is 387 Å². The topological polar surface area (TPSA) is 42.7 Å². The van der Waals surface area contributed by atoms with Crippen LogP contribution in [0, 0.1) is 0 Å². The molecule has 4 heteroatoms. The molecule has 0 N–H and O–H groups in total. The third-order valence-electron chi connectivity index (χ3n) is 27.8. The van der Waals surface area contributed by atoms with Crippen LogP contribution in [-0.2, 0) is 27.1 Å². The number of hydrogen-bond acceptors (Lipinski definition) is 4. The normalized spacial score (nSPS) is 15.8. The Hall–Kier alpha value is -13.3. The smallest absolute Gasteiger partial charge is 0.144 e. The standard InChI is InChI=1S/C107H69NO3/c1-103(2)82-52-59(45-48-68(82)92-87(103)55-73(58-26-8-7-9-27-58)101-96(92)71-34-16-24-42-89(71)110-101)108(60-46-49-69-83(53-60)105(5,6)100-98(69)102-97(72-35-17-25-43-90(72)111-102)95-67-32-14-18-36-76(67)104(3,4)99(95)100)61-44-47-66-74-56-86-75(57-85(74)107(84(66)54-61)79-39-21-12-30-64(79)65-31-13-22-40-80(65)107)93-81(50-51-91-94(93)70-33-15-23-41-88(70)109-91)106(86)77-37-19-10-28-62(77)63-29-11-20-38-78(63)106/h7-57H,1-6H3. The van der Waals surface area contributed by atoms with Gasteiger partial charge in [0.1, 0.15) is 33.5 Å². The van der Waals surface area contributed by atoms with Crippen LogP contribution in [0.5, 0.6) is 0 Å². The van der Waals surface area contributed by atoms with Gasteiger partial charge in [0.05, 0.1) is 10.8 Å². The summed E-state index contributed by atoms with van der Waals surface area (Å²) in [5.41, 5.74) is 44.3. The minimum Gasteiger partial charge on any atom is -0.456 e. The van der Waals surface area contributed by atoms with Crippen LogP contribution in [0.2, 0.25) is 0 Å². The van der Waals surface area contributed by atoms with E-state index in [1.165, 1.54) is 172 Å². The van der Waals surface area contributed by atoms with Crippen molar-refractivity contribution in [3.8, 4) is 89.0 Å². The molecule has 520 valence electrons. The van der Waals surface area contributed by atoms with Crippen LogP contribution in [0.1, 0.15) is 119 Å². The van der Waals surface area contributed by atoms with Gasteiger partial charge in [0, 0.05) is 76.8 Å². The van der Waals surface area contributed by atoms with Crippen LogP contribution in [0.4, 0.5) is 17.1 Å². The van der Waals surface area contributed by atoms with E-state index >= 15 is 0 Å². The van der Waals surface area contributed by atoms with E-state index in [0.717, 1.165) is 77.8 Å². The van der Waals surface area contributed by atoms with Gasteiger partial charge >= 0.3 is 0 Å². The van der Waals surface area contributed by atoms with Crippen molar-refractivity contribution in [3.63, 3.8) is 0 Å². The molecule has 0 radical (unpaired) electrons. The monoisotopic (exact) mass is 1420 g/mol. The Labute approximate surface area is 641 Å². The maximum Gasteiger partial charge on any atom is 0.144 e. The molecule has 26 rings (SSSR count).